The first kappa shape index (κ1) is 13.7. The van der Waals surface area contributed by atoms with E-state index < -0.39 is 0 Å². The molecule has 7 heteroatoms. The molecule has 1 aromatic carbocycles. The number of benzene rings is 1. The molecule has 0 radical (unpaired) electrons. The highest BCUT2D eigenvalue weighted by molar-refractivity contribution is 7.15. The SMILES string of the molecule is O=c1c(=Cc2ccccc2F)sc2nc(-c3cccnc3)nn12. The lowest BCUT2D eigenvalue weighted by molar-refractivity contribution is 0.625. The zero-order chi connectivity index (χ0) is 15.8. The van der Waals surface area contributed by atoms with Crippen LogP contribution in [0, 0.1) is 5.82 Å². The smallest absolute Gasteiger partial charge is 0.266 e. The molecule has 0 spiro atoms. The molecule has 0 aliphatic carbocycles. The van der Waals surface area contributed by atoms with Crippen molar-refractivity contribution >= 4 is 22.4 Å². The highest BCUT2D eigenvalue weighted by Crippen LogP contribution is 2.14. The molecule has 0 aliphatic heterocycles. The molecule has 0 N–H and O–H groups in total. The molecule has 3 aromatic heterocycles. The van der Waals surface area contributed by atoms with Gasteiger partial charge in [0.05, 0.1) is 4.53 Å². The van der Waals surface area contributed by atoms with E-state index in [-0.39, 0.29) is 11.4 Å². The summed E-state index contributed by atoms with van der Waals surface area (Å²) in [6.45, 7) is 0. The van der Waals surface area contributed by atoms with Crippen LogP contribution in [0.1, 0.15) is 5.56 Å². The second-order valence-electron chi connectivity index (χ2n) is 4.81. The molecule has 0 aliphatic rings. The normalized spacial score (nSPS) is 12.1. The van der Waals surface area contributed by atoms with Crippen molar-refractivity contribution in [3.05, 3.63) is 75.1 Å². The Labute approximate surface area is 133 Å². The van der Waals surface area contributed by atoms with Crippen molar-refractivity contribution in [2.45, 2.75) is 0 Å². The van der Waals surface area contributed by atoms with Gasteiger partial charge in [0.2, 0.25) is 4.96 Å². The topological polar surface area (TPSA) is 60.2 Å². The molecule has 0 atom stereocenters. The van der Waals surface area contributed by atoms with Gasteiger partial charge in [-0.3, -0.25) is 9.78 Å². The van der Waals surface area contributed by atoms with Gasteiger partial charge < -0.3 is 0 Å². The molecule has 23 heavy (non-hydrogen) atoms. The Balaban J connectivity index is 1.86. The molecule has 0 unspecified atom stereocenters. The van der Waals surface area contributed by atoms with E-state index >= 15 is 0 Å². The standard InChI is InChI=1S/C16H9FN4OS/c17-12-6-2-1-4-10(12)8-13-15(22)21-16(23-13)19-14(20-21)11-5-3-7-18-9-11/h1-9H. The summed E-state index contributed by atoms with van der Waals surface area (Å²) in [6, 6.07) is 9.90. The van der Waals surface area contributed by atoms with Crippen LogP contribution in [0.2, 0.25) is 0 Å². The summed E-state index contributed by atoms with van der Waals surface area (Å²) in [5.74, 6) is 0.0702. The average molecular weight is 324 g/mol. The van der Waals surface area contributed by atoms with Crippen molar-refractivity contribution in [1.29, 1.82) is 0 Å². The lowest BCUT2D eigenvalue weighted by atomic mass is 10.2. The lowest BCUT2D eigenvalue weighted by Gasteiger charge is -1.93. The minimum atomic E-state index is -0.373. The zero-order valence-corrected chi connectivity index (χ0v) is 12.5. The summed E-state index contributed by atoms with van der Waals surface area (Å²) in [6.07, 6.45) is 4.81. The highest BCUT2D eigenvalue weighted by atomic mass is 32.1. The first-order valence-corrected chi connectivity index (χ1v) is 7.60. The van der Waals surface area contributed by atoms with Crippen molar-refractivity contribution in [3.8, 4) is 11.4 Å². The lowest BCUT2D eigenvalue weighted by Crippen LogP contribution is -2.23. The summed E-state index contributed by atoms with van der Waals surface area (Å²) < 4.78 is 15.3. The van der Waals surface area contributed by atoms with Gasteiger partial charge in [-0.2, -0.15) is 9.50 Å². The van der Waals surface area contributed by atoms with Crippen molar-refractivity contribution in [2.75, 3.05) is 0 Å². The van der Waals surface area contributed by atoms with Gasteiger partial charge in [-0.05, 0) is 24.3 Å². The van der Waals surface area contributed by atoms with E-state index in [2.05, 4.69) is 15.1 Å². The third-order valence-electron chi connectivity index (χ3n) is 3.29. The fraction of sp³-hybridized carbons (Fsp3) is 0. The molecule has 112 valence electrons. The van der Waals surface area contributed by atoms with Gasteiger partial charge in [0.15, 0.2) is 5.82 Å². The van der Waals surface area contributed by atoms with Crippen LogP contribution in [0.4, 0.5) is 4.39 Å². The number of hydrogen-bond donors (Lipinski definition) is 0. The Bertz CT molecular complexity index is 1100. The number of aromatic nitrogens is 4. The molecule has 0 saturated heterocycles. The van der Waals surface area contributed by atoms with Crippen LogP contribution in [0.3, 0.4) is 0 Å². The van der Waals surface area contributed by atoms with Crippen molar-refractivity contribution < 1.29 is 4.39 Å². The Morgan fingerprint density at radius 3 is 2.78 bits per heavy atom. The molecule has 0 bridgehead atoms. The maximum absolute atomic E-state index is 13.7. The highest BCUT2D eigenvalue weighted by Gasteiger charge is 2.12. The monoisotopic (exact) mass is 324 g/mol. The maximum Gasteiger partial charge on any atom is 0.291 e. The minimum absolute atomic E-state index is 0.309. The third-order valence-corrected chi connectivity index (χ3v) is 4.25. The van der Waals surface area contributed by atoms with Crippen LogP contribution in [0.5, 0.6) is 0 Å². The second kappa shape index (κ2) is 5.36. The van der Waals surface area contributed by atoms with Gasteiger partial charge in [-0.25, -0.2) is 4.39 Å². The molecule has 4 rings (SSSR count). The van der Waals surface area contributed by atoms with Gasteiger partial charge in [0.1, 0.15) is 5.82 Å². The number of fused-ring (bicyclic) bond motifs is 1. The molecule has 0 saturated carbocycles. The van der Waals surface area contributed by atoms with E-state index in [1.165, 1.54) is 28.0 Å². The third kappa shape index (κ3) is 2.40. The van der Waals surface area contributed by atoms with Crippen LogP contribution in [-0.2, 0) is 0 Å². The van der Waals surface area contributed by atoms with Gasteiger partial charge in [0.25, 0.3) is 5.56 Å². The van der Waals surface area contributed by atoms with Crippen LogP contribution >= 0.6 is 11.3 Å². The number of pyridine rings is 1. The average Bonchev–Trinajstić information content (AvgIpc) is 3.11. The van der Waals surface area contributed by atoms with E-state index in [1.807, 2.05) is 6.07 Å². The summed E-state index contributed by atoms with van der Waals surface area (Å²) in [5.41, 5.74) is 0.792. The van der Waals surface area contributed by atoms with E-state index in [0.29, 0.717) is 20.9 Å². The Morgan fingerprint density at radius 2 is 2.04 bits per heavy atom. The fourth-order valence-corrected chi connectivity index (χ4v) is 3.08. The summed E-state index contributed by atoms with van der Waals surface area (Å²) in [4.78, 5) is 21.2. The van der Waals surface area contributed by atoms with Crippen LogP contribution in [0.15, 0.2) is 53.6 Å². The van der Waals surface area contributed by atoms with Crippen molar-refractivity contribution in [1.82, 2.24) is 19.6 Å². The van der Waals surface area contributed by atoms with Gasteiger partial charge in [-0.1, -0.05) is 29.5 Å². The minimum Gasteiger partial charge on any atom is -0.266 e. The van der Waals surface area contributed by atoms with E-state index in [0.717, 1.165) is 5.56 Å². The van der Waals surface area contributed by atoms with Crippen LogP contribution in [0.25, 0.3) is 22.4 Å². The maximum atomic E-state index is 13.7. The molecule has 0 fully saturated rings. The Morgan fingerprint density at radius 1 is 1.17 bits per heavy atom. The summed E-state index contributed by atoms with van der Waals surface area (Å²) >= 11 is 1.18. The number of halogens is 1. The fourth-order valence-electron chi connectivity index (χ4n) is 2.18. The Kier molecular flexibility index (Phi) is 3.20. The van der Waals surface area contributed by atoms with E-state index in [9.17, 15) is 9.18 Å². The van der Waals surface area contributed by atoms with Crippen molar-refractivity contribution in [2.24, 2.45) is 0 Å². The second-order valence-corrected chi connectivity index (χ2v) is 5.82. The molecule has 5 nitrogen and oxygen atoms in total. The molecule has 0 amide bonds. The first-order chi connectivity index (χ1) is 11.2. The van der Waals surface area contributed by atoms with E-state index in [4.69, 9.17) is 0 Å². The largest absolute Gasteiger partial charge is 0.291 e. The van der Waals surface area contributed by atoms with Crippen molar-refractivity contribution in [3.63, 3.8) is 0 Å². The first-order valence-electron chi connectivity index (χ1n) is 6.78. The summed E-state index contributed by atoms with van der Waals surface area (Å²) in [5, 5.41) is 4.22. The molecule has 3 heterocycles. The number of nitrogens with zero attached hydrogens (tertiary/aromatic N) is 4. The number of thiazole rings is 1. The molecular weight excluding hydrogens is 315 g/mol. The van der Waals surface area contributed by atoms with Crippen LogP contribution in [-0.4, -0.2) is 19.6 Å². The van der Waals surface area contributed by atoms with E-state index in [1.54, 1.807) is 36.7 Å². The number of rotatable bonds is 2. The zero-order valence-electron chi connectivity index (χ0n) is 11.7. The summed E-state index contributed by atoms with van der Waals surface area (Å²) in [7, 11) is 0. The Hall–Kier alpha value is -2.93. The predicted octanol–water partition coefficient (Wildman–Crippen LogP) is 1.90. The molecule has 4 aromatic rings. The van der Waals surface area contributed by atoms with Gasteiger partial charge in [0, 0.05) is 23.5 Å². The quantitative estimate of drug-likeness (QED) is 0.565. The number of hydrogen-bond acceptors (Lipinski definition) is 5. The predicted molar refractivity (Wildman–Crippen MR) is 85.5 cm³/mol. The molecular formula is C16H9FN4OS. The van der Waals surface area contributed by atoms with Gasteiger partial charge in [-0.15, -0.1) is 5.10 Å². The van der Waals surface area contributed by atoms with Gasteiger partial charge >= 0.3 is 0 Å². The van der Waals surface area contributed by atoms with Crippen LogP contribution < -0.4 is 10.1 Å².